The summed E-state index contributed by atoms with van der Waals surface area (Å²) in [5.41, 5.74) is 2.08. The van der Waals surface area contributed by atoms with Gasteiger partial charge in [0, 0.05) is 30.5 Å². The molecule has 0 amide bonds. The highest BCUT2D eigenvalue weighted by Crippen LogP contribution is 2.25. The molecule has 1 aliphatic heterocycles. The predicted octanol–water partition coefficient (Wildman–Crippen LogP) is 2.19. The monoisotopic (exact) mass is 451 g/mol. The predicted molar refractivity (Wildman–Crippen MR) is 104 cm³/mol. The number of rotatable bonds is 6. The first-order chi connectivity index (χ1) is 14.0. The van der Waals surface area contributed by atoms with Gasteiger partial charge in [-0.05, 0) is 25.5 Å². The van der Waals surface area contributed by atoms with Crippen molar-refractivity contribution < 1.29 is 37.4 Å². The Bertz CT molecular complexity index is 764. The molecular formula is C18H24F3N3O5S. The van der Waals surface area contributed by atoms with Gasteiger partial charge in [-0.1, -0.05) is 17.8 Å². The quantitative estimate of drug-likeness (QED) is 0.500. The highest BCUT2D eigenvalue weighted by Gasteiger charge is 2.38. The van der Waals surface area contributed by atoms with Gasteiger partial charge in [0.05, 0.1) is 25.8 Å². The lowest BCUT2D eigenvalue weighted by Gasteiger charge is -2.25. The van der Waals surface area contributed by atoms with Crippen LogP contribution < -0.4 is 5.32 Å². The van der Waals surface area contributed by atoms with Crippen LogP contribution in [0.15, 0.2) is 24.0 Å². The van der Waals surface area contributed by atoms with Gasteiger partial charge in [-0.25, -0.2) is 4.79 Å². The topological polar surface area (TPSA) is 111 Å². The van der Waals surface area contributed by atoms with Crippen molar-refractivity contribution >= 4 is 28.8 Å². The molecule has 1 aromatic heterocycles. The Morgan fingerprint density at radius 3 is 2.67 bits per heavy atom. The molecular weight excluding hydrogens is 427 g/mol. The summed E-state index contributed by atoms with van der Waals surface area (Å²) in [5.74, 6) is -2.99. The summed E-state index contributed by atoms with van der Waals surface area (Å²) in [4.78, 5) is 31.7. The highest BCUT2D eigenvalue weighted by atomic mass is 32.2. The van der Waals surface area contributed by atoms with Gasteiger partial charge in [0.25, 0.3) is 0 Å². The average Bonchev–Trinajstić information content (AvgIpc) is 3.07. The third-order valence-electron chi connectivity index (χ3n) is 3.76. The second-order valence-electron chi connectivity index (χ2n) is 6.20. The lowest BCUT2D eigenvalue weighted by molar-refractivity contribution is -0.192. The first-order valence-corrected chi connectivity index (χ1v) is 9.94. The van der Waals surface area contributed by atoms with Crippen molar-refractivity contribution in [1.82, 2.24) is 15.1 Å². The summed E-state index contributed by atoms with van der Waals surface area (Å²) in [5, 5.41) is 15.1. The lowest BCUT2D eigenvalue weighted by atomic mass is 10.1. The molecule has 0 bridgehead atoms. The molecule has 12 heteroatoms. The normalized spacial score (nSPS) is 17.8. The number of carboxylic acid groups (broad SMARTS) is 1. The first-order valence-electron chi connectivity index (χ1n) is 9.06. The second-order valence-corrected chi connectivity index (χ2v) is 7.58. The minimum atomic E-state index is -5.08. The minimum absolute atomic E-state index is 0.151. The van der Waals surface area contributed by atoms with E-state index in [1.54, 1.807) is 24.7 Å². The number of hydrogen-bond donors (Lipinski definition) is 2. The molecule has 1 fully saturated rings. The van der Waals surface area contributed by atoms with Crippen LogP contribution >= 0.6 is 11.8 Å². The molecule has 1 unspecified atom stereocenters. The molecule has 1 saturated heterocycles. The third kappa shape index (κ3) is 9.92. The van der Waals surface area contributed by atoms with Crippen molar-refractivity contribution in [2.75, 3.05) is 19.7 Å². The Morgan fingerprint density at radius 2 is 2.10 bits per heavy atom. The van der Waals surface area contributed by atoms with Crippen LogP contribution in [0.25, 0.3) is 0 Å². The number of hydrogen-bond acceptors (Lipinski definition) is 7. The van der Waals surface area contributed by atoms with Crippen molar-refractivity contribution in [1.29, 1.82) is 0 Å². The number of aliphatic carboxylic acids is 1. The summed E-state index contributed by atoms with van der Waals surface area (Å²) < 4.78 is 38.5. The van der Waals surface area contributed by atoms with Crippen molar-refractivity contribution in [2.24, 2.45) is 0 Å². The molecule has 168 valence electrons. The van der Waals surface area contributed by atoms with Crippen molar-refractivity contribution in [3.8, 4) is 0 Å². The van der Waals surface area contributed by atoms with Gasteiger partial charge in [-0.3, -0.25) is 14.3 Å². The summed E-state index contributed by atoms with van der Waals surface area (Å²) in [6.45, 7) is 6.17. The molecule has 2 N–H and O–H groups in total. The van der Waals surface area contributed by atoms with Crippen LogP contribution in [0.2, 0.25) is 0 Å². The smallest absolute Gasteiger partial charge is 0.475 e. The molecule has 1 aliphatic rings. The van der Waals surface area contributed by atoms with Gasteiger partial charge >= 0.3 is 18.1 Å². The Balaban J connectivity index is 0.000000553. The average molecular weight is 451 g/mol. The van der Waals surface area contributed by atoms with Crippen LogP contribution in [0.4, 0.5) is 13.2 Å². The van der Waals surface area contributed by atoms with Gasteiger partial charge in [0.1, 0.15) is 0 Å². The zero-order chi connectivity index (χ0) is 22.7. The fraction of sp³-hybridized carbons (Fsp3) is 0.556. The summed E-state index contributed by atoms with van der Waals surface area (Å²) in [7, 11) is 0. The highest BCUT2D eigenvalue weighted by molar-refractivity contribution is 8.14. The van der Waals surface area contributed by atoms with E-state index in [4.69, 9.17) is 14.6 Å². The molecule has 0 aliphatic carbocycles. The standard InChI is InChI=1S/C16H23N3O3S.C2HF3O2/c1-3-22-16(21)8-13-9-18-19(11-13)7-5-14-10-17-6-4-15(14)23-12(2)20;3-2(4,5)1(6)7/h5,9,11,15,17H,3-4,6-8,10H2,1-2H3;(H,6,7). The fourth-order valence-electron chi connectivity index (χ4n) is 2.49. The summed E-state index contributed by atoms with van der Waals surface area (Å²) in [6.07, 6.45) is 1.79. The second kappa shape index (κ2) is 12.4. The van der Waals surface area contributed by atoms with E-state index in [1.165, 1.54) is 17.3 Å². The molecule has 0 saturated carbocycles. The molecule has 2 heterocycles. The zero-order valence-corrected chi connectivity index (χ0v) is 17.4. The number of halogens is 3. The molecule has 30 heavy (non-hydrogen) atoms. The van der Waals surface area contributed by atoms with Crippen LogP contribution in [0.3, 0.4) is 0 Å². The first kappa shape index (κ1) is 25.7. The van der Waals surface area contributed by atoms with E-state index in [0.717, 1.165) is 25.1 Å². The number of esters is 1. The maximum Gasteiger partial charge on any atom is 0.490 e. The number of nitrogens with zero attached hydrogens (tertiary/aromatic N) is 2. The molecule has 0 spiro atoms. The van der Waals surface area contributed by atoms with Crippen LogP contribution in [-0.4, -0.2) is 63.1 Å². The van der Waals surface area contributed by atoms with Crippen molar-refractivity contribution in [3.63, 3.8) is 0 Å². The van der Waals surface area contributed by atoms with E-state index in [9.17, 15) is 22.8 Å². The van der Waals surface area contributed by atoms with E-state index in [2.05, 4.69) is 16.5 Å². The Kier molecular flexibility index (Phi) is 10.6. The van der Waals surface area contributed by atoms with Gasteiger partial charge in [-0.15, -0.1) is 0 Å². The summed E-state index contributed by atoms with van der Waals surface area (Å²) >= 11 is 1.40. The van der Waals surface area contributed by atoms with Gasteiger partial charge < -0.3 is 15.2 Å². The number of carboxylic acids is 1. The maximum absolute atomic E-state index is 11.5. The van der Waals surface area contributed by atoms with Crippen LogP contribution in [0.1, 0.15) is 25.8 Å². The lowest BCUT2D eigenvalue weighted by Crippen LogP contribution is -2.32. The van der Waals surface area contributed by atoms with Crippen LogP contribution in [0, 0.1) is 0 Å². The Labute approximate surface area is 175 Å². The number of piperidine rings is 1. The largest absolute Gasteiger partial charge is 0.490 e. The molecule has 1 atom stereocenters. The SMILES string of the molecule is CCOC(=O)Cc1cnn(CC=C2CNCCC2SC(C)=O)c1.O=C(O)C(F)(F)F. The number of thioether (sulfide) groups is 1. The Hall–Kier alpha value is -2.34. The van der Waals surface area contributed by atoms with Gasteiger partial charge in [0.2, 0.25) is 0 Å². The number of ether oxygens (including phenoxy) is 1. The van der Waals surface area contributed by atoms with E-state index in [0.29, 0.717) is 13.2 Å². The third-order valence-corrected chi connectivity index (χ3v) is 4.91. The van der Waals surface area contributed by atoms with E-state index >= 15 is 0 Å². The Morgan fingerprint density at radius 1 is 1.43 bits per heavy atom. The molecule has 2 rings (SSSR count). The molecule has 0 aromatic carbocycles. The van der Waals surface area contributed by atoms with E-state index < -0.39 is 12.1 Å². The zero-order valence-electron chi connectivity index (χ0n) is 16.6. The number of aromatic nitrogens is 2. The minimum Gasteiger partial charge on any atom is -0.475 e. The van der Waals surface area contributed by atoms with Crippen molar-refractivity contribution in [3.05, 3.63) is 29.6 Å². The van der Waals surface area contributed by atoms with E-state index in [-0.39, 0.29) is 22.8 Å². The number of allylic oxidation sites excluding steroid dienone is 1. The summed E-state index contributed by atoms with van der Waals surface area (Å²) in [6, 6.07) is 0. The maximum atomic E-state index is 11.5. The number of alkyl halides is 3. The van der Waals surface area contributed by atoms with Crippen molar-refractivity contribution in [2.45, 2.75) is 44.7 Å². The van der Waals surface area contributed by atoms with Crippen LogP contribution in [0.5, 0.6) is 0 Å². The fourth-order valence-corrected chi connectivity index (χ4v) is 3.46. The number of carbonyl (C=O) groups is 3. The number of nitrogens with one attached hydrogen (secondary N) is 1. The van der Waals surface area contributed by atoms with Gasteiger partial charge in [-0.2, -0.15) is 18.3 Å². The van der Waals surface area contributed by atoms with Crippen LogP contribution in [-0.2, 0) is 32.1 Å². The number of carbonyl (C=O) groups excluding carboxylic acids is 2. The molecule has 8 nitrogen and oxygen atoms in total. The van der Waals surface area contributed by atoms with Gasteiger partial charge in [0.15, 0.2) is 5.12 Å². The molecule has 1 aromatic rings. The van der Waals surface area contributed by atoms with E-state index in [1.807, 2.05) is 6.20 Å². The molecule has 0 radical (unpaired) electrons.